The van der Waals surface area contributed by atoms with Crippen LogP contribution in [0.3, 0.4) is 0 Å². The fourth-order valence-electron chi connectivity index (χ4n) is 0.975. The highest BCUT2D eigenvalue weighted by atomic mass is 31.2. The lowest BCUT2D eigenvalue weighted by Crippen LogP contribution is -1.92. The number of hydrogen-bond donors (Lipinski definition) is 0. The summed E-state index contributed by atoms with van der Waals surface area (Å²) in [6.07, 6.45) is 1.68. The molecule has 82 valence electrons. The van der Waals surface area contributed by atoms with Crippen LogP contribution in [-0.4, -0.2) is 26.7 Å². The molecule has 0 N–H and O–H groups in total. The van der Waals surface area contributed by atoms with Gasteiger partial charge in [-0.05, 0) is 5.56 Å². The van der Waals surface area contributed by atoms with Gasteiger partial charge in [0, 0.05) is 20.4 Å². The Balaban J connectivity index is 2.57. The standard InChI is InChI=1S/C10H14NO3P/c1-13-15(12,14-2)9-11-8-10-6-4-3-5-7-10/h3-8H,9H2,1-2H3. The summed E-state index contributed by atoms with van der Waals surface area (Å²) in [7, 11) is -0.317. The van der Waals surface area contributed by atoms with E-state index in [4.69, 9.17) is 9.05 Å². The van der Waals surface area contributed by atoms with Crippen LogP contribution in [0.2, 0.25) is 0 Å². The van der Waals surface area contributed by atoms with Crippen molar-refractivity contribution in [2.45, 2.75) is 0 Å². The zero-order valence-corrected chi connectivity index (χ0v) is 9.68. The third-order valence-corrected chi connectivity index (χ3v) is 3.47. The first-order valence-corrected chi connectivity index (χ1v) is 6.18. The quantitative estimate of drug-likeness (QED) is 0.573. The van der Waals surface area contributed by atoms with Crippen molar-refractivity contribution in [1.82, 2.24) is 0 Å². The molecule has 0 saturated carbocycles. The van der Waals surface area contributed by atoms with Gasteiger partial charge < -0.3 is 9.05 Å². The van der Waals surface area contributed by atoms with Crippen LogP contribution in [-0.2, 0) is 13.6 Å². The molecule has 4 nitrogen and oxygen atoms in total. The molecule has 0 aliphatic heterocycles. The maximum atomic E-state index is 11.6. The molecule has 0 heterocycles. The number of hydrogen-bond acceptors (Lipinski definition) is 4. The average Bonchev–Trinajstić information content (AvgIpc) is 2.30. The molecule has 0 radical (unpaired) electrons. The summed E-state index contributed by atoms with van der Waals surface area (Å²) in [4.78, 5) is 4.02. The van der Waals surface area contributed by atoms with Gasteiger partial charge in [-0.3, -0.25) is 9.56 Å². The van der Waals surface area contributed by atoms with E-state index in [0.29, 0.717) is 0 Å². The van der Waals surface area contributed by atoms with Gasteiger partial charge in [0.1, 0.15) is 6.29 Å². The molecular formula is C10H14NO3P. The minimum absolute atomic E-state index is 0.0366. The molecule has 0 aliphatic rings. The third-order valence-electron chi connectivity index (χ3n) is 1.85. The van der Waals surface area contributed by atoms with Gasteiger partial charge in [0.15, 0.2) is 0 Å². The van der Waals surface area contributed by atoms with Crippen molar-refractivity contribution in [3.8, 4) is 0 Å². The second-order valence-corrected chi connectivity index (χ2v) is 5.07. The van der Waals surface area contributed by atoms with Gasteiger partial charge in [-0.25, -0.2) is 0 Å². The van der Waals surface area contributed by atoms with E-state index in [-0.39, 0.29) is 6.29 Å². The normalized spacial score (nSPS) is 12.1. The fraction of sp³-hybridized carbons (Fsp3) is 0.300. The minimum atomic E-state index is -3.02. The molecule has 1 rings (SSSR count). The summed E-state index contributed by atoms with van der Waals surface area (Å²) in [5, 5.41) is 0. The van der Waals surface area contributed by atoms with Gasteiger partial charge in [0.25, 0.3) is 0 Å². The number of benzene rings is 1. The van der Waals surface area contributed by atoms with E-state index in [2.05, 4.69) is 4.99 Å². The Morgan fingerprint density at radius 1 is 1.27 bits per heavy atom. The van der Waals surface area contributed by atoms with E-state index in [1.165, 1.54) is 14.2 Å². The number of nitrogens with zero attached hydrogens (tertiary/aromatic N) is 1. The van der Waals surface area contributed by atoms with Crippen LogP contribution < -0.4 is 0 Å². The van der Waals surface area contributed by atoms with E-state index < -0.39 is 7.60 Å². The maximum Gasteiger partial charge on any atom is 0.351 e. The lowest BCUT2D eigenvalue weighted by Gasteiger charge is -2.09. The van der Waals surface area contributed by atoms with E-state index >= 15 is 0 Å². The predicted octanol–water partition coefficient (Wildman–Crippen LogP) is 2.55. The fourth-order valence-corrected chi connectivity index (χ4v) is 1.64. The molecule has 0 bridgehead atoms. The number of aliphatic imine (C=N–C) groups is 1. The van der Waals surface area contributed by atoms with Crippen molar-refractivity contribution < 1.29 is 13.6 Å². The minimum Gasteiger partial charge on any atom is -0.311 e. The van der Waals surface area contributed by atoms with Crippen molar-refractivity contribution in [3.63, 3.8) is 0 Å². The Hall–Kier alpha value is -0.960. The molecule has 5 heteroatoms. The zero-order chi connectivity index (χ0) is 11.1. The van der Waals surface area contributed by atoms with Gasteiger partial charge in [0.05, 0.1) is 0 Å². The van der Waals surface area contributed by atoms with Crippen LogP contribution in [0.4, 0.5) is 0 Å². The molecule has 0 fully saturated rings. The second-order valence-electron chi connectivity index (χ2n) is 2.84. The molecule has 0 atom stereocenters. The van der Waals surface area contributed by atoms with E-state index in [0.717, 1.165) is 5.56 Å². The predicted molar refractivity (Wildman–Crippen MR) is 60.5 cm³/mol. The lowest BCUT2D eigenvalue weighted by molar-refractivity contribution is 0.277. The Bertz CT molecular complexity index is 356. The van der Waals surface area contributed by atoms with Gasteiger partial charge in [-0.15, -0.1) is 0 Å². The van der Waals surface area contributed by atoms with Crippen molar-refractivity contribution in [2.24, 2.45) is 4.99 Å². The van der Waals surface area contributed by atoms with Crippen molar-refractivity contribution in [3.05, 3.63) is 35.9 Å². The first-order valence-electron chi connectivity index (χ1n) is 4.45. The van der Waals surface area contributed by atoms with E-state index in [1.807, 2.05) is 30.3 Å². The van der Waals surface area contributed by atoms with Crippen LogP contribution in [0.5, 0.6) is 0 Å². The highest BCUT2D eigenvalue weighted by Crippen LogP contribution is 2.45. The Kier molecular flexibility index (Phi) is 4.69. The maximum absolute atomic E-state index is 11.6. The highest BCUT2D eigenvalue weighted by molar-refractivity contribution is 7.53. The highest BCUT2D eigenvalue weighted by Gasteiger charge is 2.19. The van der Waals surface area contributed by atoms with E-state index in [1.54, 1.807) is 6.21 Å². The van der Waals surface area contributed by atoms with Gasteiger partial charge in [0.2, 0.25) is 0 Å². The zero-order valence-electron chi connectivity index (χ0n) is 8.79. The summed E-state index contributed by atoms with van der Waals surface area (Å²) >= 11 is 0. The molecule has 15 heavy (non-hydrogen) atoms. The molecule has 0 aliphatic carbocycles. The van der Waals surface area contributed by atoms with Crippen LogP contribution in [0, 0.1) is 0 Å². The molecule has 0 amide bonds. The van der Waals surface area contributed by atoms with Crippen LogP contribution in [0.1, 0.15) is 5.56 Å². The Morgan fingerprint density at radius 2 is 1.87 bits per heavy atom. The number of rotatable bonds is 5. The average molecular weight is 227 g/mol. The molecular weight excluding hydrogens is 213 g/mol. The molecule has 0 aromatic heterocycles. The van der Waals surface area contributed by atoms with Crippen LogP contribution in [0.15, 0.2) is 35.3 Å². The van der Waals surface area contributed by atoms with Crippen LogP contribution >= 0.6 is 7.60 Å². The van der Waals surface area contributed by atoms with Crippen molar-refractivity contribution >= 4 is 13.8 Å². The van der Waals surface area contributed by atoms with Gasteiger partial charge in [-0.1, -0.05) is 30.3 Å². The summed E-state index contributed by atoms with van der Waals surface area (Å²) in [5.41, 5.74) is 0.955. The first-order chi connectivity index (χ1) is 7.20. The lowest BCUT2D eigenvalue weighted by atomic mass is 10.2. The summed E-state index contributed by atoms with van der Waals surface area (Å²) in [6, 6.07) is 9.57. The van der Waals surface area contributed by atoms with Gasteiger partial charge in [-0.2, -0.15) is 0 Å². The Labute approximate surface area is 89.5 Å². The van der Waals surface area contributed by atoms with Crippen LogP contribution in [0.25, 0.3) is 0 Å². The molecule has 1 aromatic carbocycles. The molecule has 1 aromatic rings. The SMILES string of the molecule is COP(=O)(CN=Cc1ccccc1)OC. The molecule has 0 saturated heterocycles. The summed E-state index contributed by atoms with van der Waals surface area (Å²) in [5.74, 6) is 0. The topological polar surface area (TPSA) is 47.9 Å². The van der Waals surface area contributed by atoms with Gasteiger partial charge >= 0.3 is 7.60 Å². The first kappa shape index (κ1) is 12.1. The third kappa shape index (κ3) is 3.96. The monoisotopic (exact) mass is 227 g/mol. The van der Waals surface area contributed by atoms with Crippen molar-refractivity contribution in [2.75, 3.05) is 20.5 Å². The Morgan fingerprint density at radius 3 is 2.40 bits per heavy atom. The summed E-state index contributed by atoms with van der Waals surface area (Å²) < 4.78 is 21.1. The second kappa shape index (κ2) is 5.81. The summed E-state index contributed by atoms with van der Waals surface area (Å²) in [6.45, 7) is 0. The van der Waals surface area contributed by atoms with E-state index in [9.17, 15) is 4.57 Å². The molecule has 0 unspecified atom stereocenters. The molecule has 0 spiro atoms. The smallest absolute Gasteiger partial charge is 0.311 e. The largest absolute Gasteiger partial charge is 0.351 e. The van der Waals surface area contributed by atoms with Crippen molar-refractivity contribution in [1.29, 1.82) is 0 Å².